The Labute approximate surface area is 123 Å². The second-order valence-electron chi connectivity index (χ2n) is 6.05. The summed E-state index contributed by atoms with van der Waals surface area (Å²) in [7, 11) is 0. The molecule has 1 N–H and O–H groups in total. The molecule has 0 saturated heterocycles. The van der Waals surface area contributed by atoms with Crippen molar-refractivity contribution in [3.8, 4) is 0 Å². The molecule has 1 aliphatic carbocycles. The Morgan fingerprint density at radius 1 is 1.32 bits per heavy atom. The minimum absolute atomic E-state index is 0.369. The molecule has 0 bridgehead atoms. The molecule has 1 aromatic carbocycles. The van der Waals surface area contributed by atoms with Crippen molar-refractivity contribution in [1.29, 1.82) is 0 Å². The molecule has 2 nitrogen and oxygen atoms in total. The van der Waals surface area contributed by atoms with Crippen LogP contribution in [0.5, 0.6) is 0 Å². The summed E-state index contributed by atoms with van der Waals surface area (Å²) in [6.45, 7) is 3.38. The number of aromatic nitrogens is 2. The van der Waals surface area contributed by atoms with Gasteiger partial charge in [-0.15, -0.1) is 0 Å². The van der Waals surface area contributed by atoms with Gasteiger partial charge in [0.05, 0.1) is 11.0 Å². The van der Waals surface area contributed by atoms with Crippen LogP contribution in [-0.4, -0.2) is 9.55 Å². The highest BCUT2D eigenvalue weighted by Gasteiger charge is 2.28. The quantitative estimate of drug-likeness (QED) is 0.743. The molecule has 4 heteroatoms. The molecular formula is C15H19ClN2S. The first-order chi connectivity index (χ1) is 9.07. The topological polar surface area (TPSA) is 20.7 Å². The molecule has 1 aliphatic rings. The smallest absolute Gasteiger partial charge is 0.178 e. The maximum Gasteiger partial charge on any atom is 0.178 e. The van der Waals surface area contributed by atoms with E-state index in [1.807, 2.05) is 18.2 Å². The number of hydrogen-bond acceptors (Lipinski definition) is 1. The molecule has 0 amide bonds. The summed E-state index contributed by atoms with van der Waals surface area (Å²) < 4.78 is 3.03. The number of benzene rings is 1. The van der Waals surface area contributed by atoms with Crippen molar-refractivity contribution in [1.82, 2.24) is 9.55 Å². The van der Waals surface area contributed by atoms with Gasteiger partial charge >= 0.3 is 0 Å². The molecule has 0 radical (unpaired) electrons. The van der Waals surface area contributed by atoms with E-state index in [2.05, 4.69) is 16.5 Å². The fourth-order valence-corrected chi connectivity index (χ4v) is 3.67. The highest BCUT2D eigenvalue weighted by molar-refractivity contribution is 7.71. The van der Waals surface area contributed by atoms with Gasteiger partial charge in [-0.1, -0.05) is 37.8 Å². The summed E-state index contributed by atoms with van der Waals surface area (Å²) in [5.41, 5.74) is 2.58. The van der Waals surface area contributed by atoms with E-state index in [0.717, 1.165) is 27.4 Å². The first-order valence-electron chi connectivity index (χ1n) is 6.96. The monoisotopic (exact) mass is 294 g/mol. The van der Waals surface area contributed by atoms with Gasteiger partial charge < -0.3 is 9.55 Å². The van der Waals surface area contributed by atoms with Crippen molar-refractivity contribution in [2.24, 2.45) is 5.41 Å². The van der Waals surface area contributed by atoms with E-state index in [1.165, 1.54) is 32.1 Å². The second-order valence-corrected chi connectivity index (χ2v) is 6.87. The van der Waals surface area contributed by atoms with Gasteiger partial charge in [-0.3, -0.25) is 0 Å². The third kappa shape index (κ3) is 2.59. The van der Waals surface area contributed by atoms with Crippen molar-refractivity contribution >= 4 is 34.9 Å². The molecule has 0 aliphatic heterocycles. The van der Waals surface area contributed by atoms with E-state index < -0.39 is 0 Å². The van der Waals surface area contributed by atoms with Crippen molar-refractivity contribution < 1.29 is 0 Å². The second kappa shape index (κ2) is 4.95. The van der Waals surface area contributed by atoms with E-state index in [4.69, 9.17) is 23.8 Å². The number of rotatable bonds is 2. The molecule has 102 valence electrons. The SMILES string of the molecule is CC1(Cn2c(=S)[nH]c3ccc(Cl)cc32)CCCCC1. The van der Waals surface area contributed by atoms with Gasteiger partial charge in [0, 0.05) is 11.6 Å². The molecule has 3 rings (SSSR count). The molecule has 19 heavy (non-hydrogen) atoms. The number of nitrogens with zero attached hydrogens (tertiary/aromatic N) is 1. The summed E-state index contributed by atoms with van der Waals surface area (Å²) in [6.07, 6.45) is 6.64. The Kier molecular flexibility index (Phi) is 3.44. The van der Waals surface area contributed by atoms with Crippen LogP contribution in [0.2, 0.25) is 5.02 Å². The maximum atomic E-state index is 6.12. The normalized spacial score (nSPS) is 18.8. The first-order valence-corrected chi connectivity index (χ1v) is 7.74. The maximum absolute atomic E-state index is 6.12. The van der Waals surface area contributed by atoms with Crippen LogP contribution in [0.1, 0.15) is 39.0 Å². The zero-order valence-electron chi connectivity index (χ0n) is 11.2. The van der Waals surface area contributed by atoms with Gasteiger partial charge in [0.1, 0.15) is 0 Å². The highest BCUT2D eigenvalue weighted by Crippen LogP contribution is 2.38. The Morgan fingerprint density at radius 3 is 2.79 bits per heavy atom. The third-order valence-corrected chi connectivity index (χ3v) is 4.90. The number of halogens is 1. The van der Waals surface area contributed by atoms with Crippen LogP contribution in [0.15, 0.2) is 18.2 Å². The first kappa shape index (κ1) is 13.2. The molecule has 1 saturated carbocycles. The Bertz CT molecular complexity index is 650. The molecule has 0 unspecified atom stereocenters. The average Bonchev–Trinajstić information content (AvgIpc) is 2.67. The zero-order valence-corrected chi connectivity index (χ0v) is 12.8. The van der Waals surface area contributed by atoms with Crippen LogP contribution in [0, 0.1) is 10.2 Å². The Morgan fingerprint density at radius 2 is 2.05 bits per heavy atom. The lowest BCUT2D eigenvalue weighted by atomic mass is 9.75. The van der Waals surface area contributed by atoms with Crippen LogP contribution in [-0.2, 0) is 6.54 Å². The average molecular weight is 295 g/mol. The molecule has 1 fully saturated rings. The Hall–Kier alpha value is -0.800. The summed E-state index contributed by atoms with van der Waals surface area (Å²) in [5, 5.41) is 0.768. The Balaban J connectivity index is 2.02. The van der Waals surface area contributed by atoms with Crippen LogP contribution in [0.4, 0.5) is 0 Å². The molecule has 2 aromatic rings. The van der Waals surface area contributed by atoms with Crippen LogP contribution >= 0.6 is 23.8 Å². The summed E-state index contributed by atoms with van der Waals surface area (Å²) in [4.78, 5) is 3.28. The number of hydrogen-bond donors (Lipinski definition) is 1. The standard InChI is InChI=1S/C15H19ClN2S/c1-15(7-3-2-4-8-15)10-18-13-9-11(16)5-6-12(13)17-14(18)19/h5-6,9H,2-4,7-8,10H2,1H3,(H,17,19). The molecule has 1 heterocycles. The zero-order chi connectivity index (χ0) is 13.5. The van der Waals surface area contributed by atoms with Gasteiger partial charge in [0.2, 0.25) is 0 Å². The van der Waals surface area contributed by atoms with Crippen LogP contribution in [0.25, 0.3) is 11.0 Å². The lowest BCUT2D eigenvalue weighted by Gasteiger charge is -2.34. The van der Waals surface area contributed by atoms with Crippen LogP contribution in [0.3, 0.4) is 0 Å². The molecular weight excluding hydrogens is 276 g/mol. The van der Waals surface area contributed by atoms with Crippen molar-refractivity contribution in [3.05, 3.63) is 28.0 Å². The fourth-order valence-electron chi connectivity index (χ4n) is 3.23. The van der Waals surface area contributed by atoms with E-state index in [1.54, 1.807) is 0 Å². The minimum Gasteiger partial charge on any atom is -0.331 e. The molecule has 0 atom stereocenters. The largest absolute Gasteiger partial charge is 0.331 e. The van der Waals surface area contributed by atoms with E-state index in [-0.39, 0.29) is 0 Å². The number of aromatic amines is 1. The predicted molar refractivity (Wildman–Crippen MR) is 83.3 cm³/mol. The minimum atomic E-state index is 0.369. The fraction of sp³-hybridized carbons (Fsp3) is 0.533. The summed E-state index contributed by atoms with van der Waals surface area (Å²) in [5.74, 6) is 0. The lowest BCUT2D eigenvalue weighted by molar-refractivity contribution is 0.184. The van der Waals surface area contributed by atoms with E-state index in [9.17, 15) is 0 Å². The third-order valence-electron chi connectivity index (χ3n) is 4.34. The number of imidazole rings is 1. The van der Waals surface area contributed by atoms with Gasteiger partial charge in [-0.2, -0.15) is 0 Å². The summed E-state index contributed by atoms with van der Waals surface area (Å²) in [6, 6.07) is 5.92. The van der Waals surface area contributed by atoms with Gasteiger partial charge in [0.15, 0.2) is 4.77 Å². The number of fused-ring (bicyclic) bond motifs is 1. The van der Waals surface area contributed by atoms with E-state index in [0.29, 0.717) is 5.41 Å². The van der Waals surface area contributed by atoms with Gasteiger partial charge in [-0.05, 0) is 48.7 Å². The number of nitrogens with one attached hydrogen (secondary N) is 1. The van der Waals surface area contributed by atoms with Crippen LogP contribution < -0.4 is 0 Å². The lowest BCUT2D eigenvalue weighted by Crippen LogP contribution is -2.26. The molecule has 0 spiro atoms. The van der Waals surface area contributed by atoms with Crippen molar-refractivity contribution in [3.63, 3.8) is 0 Å². The number of H-pyrrole nitrogens is 1. The predicted octanol–water partition coefficient (Wildman–Crippen LogP) is 5.32. The molecule has 1 aromatic heterocycles. The van der Waals surface area contributed by atoms with Gasteiger partial charge in [-0.25, -0.2) is 0 Å². The summed E-state index contributed by atoms with van der Waals surface area (Å²) >= 11 is 11.6. The van der Waals surface area contributed by atoms with Crippen molar-refractivity contribution in [2.45, 2.75) is 45.6 Å². The highest BCUT2D eigenvalue weighted by atomic mass is 35.5. The van der Waals surface area contributed by atoms with Crippen molar-refractivity contribution in [2.75, 3.05) is 0 Å². The van der Waals surface area contributed by atoms with E-state index >= 15 is 0 Å². The van der Waals surface area contributed by atoms with Gasteiger partial charge in [0.25, 0.3) is 0 Å².